The van der Waals surface area contributed by atoms with Gasteiger partial charge in [0.2, 0.25) is 0 Å². The lowest BCUT2D eigenvalue weighted by molar-refractivity contribution is 0.475. The zero-order valence-corrected chi connectivity index (χ0v) is 38.3. The number of para-hydroxylation sites is 1. The molecule has 4 heteroatoms. The van der Waals surface area contributed by atoms with Crippen LogP contribution in [0.15, 0.2) is 170 Å². The van der Waals surface area contributed by atoms with E-state index in [-0.39, 0.29) is 45.0 Å². The molecule has 2 aromatic heterocycles. The average Bonchev–Trinajstić information content (AvgIpc) is 3.82. The molecule has 0 aliphatic heterocycles. The quantitative estimate of drug-likeness (QED) is 0.174. The van der Waals surface area contributed by atoms with Crippen LogP contribution in [0.4, 0.5) is 0 Å². The molecule has 0 spiro atoms. The first-order valence-electron chi connectivity index (χ1n) is 27.4. The lowest BCUT2D eigenvalue weighted by Crippen LogP contribution is -2.11. The van der Waals surface area contributed by atoms with Crippen molar-refractivity contribution in [1.82, 2.24) is 14.5 Å². The Kier molecular flexibility index (Phi) is 8.06. The van der Waals surface area contributed by atoms with Gasteiger partial charge >= 0.3 is 0 Å². The van der Waals surface area contributed by atoms with Crippen LogP contribution in [0, 0.1) is 6.85 Å². The van der Waals surface area contributed by atoms with E-state index >= 15 is 0 Å². The number of benzene rings is 7. The number of fused-ring (bicyclic) bond motifs is 1. The van der Waals surface area contributed by atoms with Gasteiger partial charge in [0.1, 0.15) is 11.6 Å². The monoisotopic (exact) mass is 861 g/mol. The van der Waals surface area contributed by atoms with E-state index in [0.717, 1.165) is 27.8 Å². The molecule has 0 radical (unpaired) electrons. The van der Waals surface area contributed by atoms with Gasteiger partial charge < -0.3 is 5.11 Å². The van der Waals surface area contributed by atoms with Crippen LogP contribution in [0.5, 0.6) is 5.75 Å². The summed E-state index contributed by atoms with van der Waals surface area (Å²) in [6.07, 6.45) is -0.545. The summed E-state index contributed by atoms with van der Waals surface area (Å²) in [5.41, 5.74) is 7.73. The standard InChI is InChI=1S/C61H59N3O/c1-39-32-55(51(41-20-15-12-16-21-41)38-50(39)42-24-26-46(27-25-42)59(2,3)4)64-54-23-17-22-49(57(54)63-58(64)52-37-47(60(5,6)7)28-29-56(52)65)44-33-45(35-48(34-44)61(8,9)10)53-36-43(30-31-62-53)40-18-13-11-14-19-40/h11-38,65H,1-10H3/i1D3,11D,13D,14D,18D,19D,30D,31D,36D. The molecule has 2 heterocycles. The molecular formula is C61H59N3O. The first kappa shape index (κ1) is 31.7. The molecule has 1 N–H and O–H groups in total. The third-order valence-electron chi connectivity index (χ3n) is 12.0. The van der Waals surface area contributed by atoms with E-state index in [4.69, 9.17) is 18.7 Å². The van der Waals surface area contributed by atoms with Crippen molar-refractivity contribution in [3.05, 3.63) is 192 Å². The van der Waals surface area contributed by atoms with Gasteiger partial charge in [-0.2, -0.15) is 0 Å². The number of hydrogen-bond acceptors (Lipinski definition) is 3. The summed E-state index contributed by atoms with van der Waals surface area (Å²) in [6.45, 7) is 16.2. The Morgan fingerprint density at radius 2 is 1.20 bits per heavy atom. The highest BCUT2D eigenvalue weighted by Gasteiger charge is 2.26. The van der Waals surface area contributed by atoms with Crippen molar-refractivity contribution in [3.63, 3.8) is 0 Å². The minimum absolute atomic E-state index is 0.0321. The van der Waals surface area contributed by atoms with Crippen molar-refractivity contribution in [2.45, 2.75) is 85.4 Å². The second-order valence-corrected chi connectivity index (χ2v) is 19.8. The first-order valence-corrected chi connectivity index (χ1v) is 21.9. The normalized spacial score (nSPS) is 14.8. The second kappa shape index (κ2) is 16.5. The van der Waals surface area contributed by atoms with Gasteiger partial charge in [-0.3, -0.25) is 9.55 Å². The lowest BCUT2D eigenvalue weighted by Gasteiger charge is -2.22. The molecule has 0 atom stereocenters. The van der Waals surface area contributed by atoms with E-state index in [0.29, 0.717) is 55.9 Å². The van der Waals surface area contributed by atoms with Gasteiger partial charge in [-0.25, -0.2) is 4.98 Å². The maximum absolute atomic E-state index is 12.0. The van der Waals surface area contributed by atoms with Crippen molar-refractivity contribution >= 4 is 11.0 Å². The Hall–Kier alpha value is -7.04. The average molecular weight is 861 g/mol. The maximum Gasteiger partial charge on any atom is 0.149 e. The topological polar surface area (TPSA) is 50.9 Å². The van der Waals surface area contributed by atoms with Gasteiger partial charge in [-0.15, -0.1) is 0 Å². The third-order valence-corrected chi connectivity index (χ3v) is 12.0. The van der Waals surface area contributed by atoms with Crippen LogP contribution in [-0.2, 0) is 16.2 Å². The predicted molar refractivity (Wildman–Crippen MR) is 274 cm³/mol. The van der Waals surface area contributed by atoms with Gasteiger partial charge in [0.15, 0.2) is 0 Å². The highest BCUT2D eigenvalue weighted by atomic mass is 16.3. The number of aromatic nitrogens is 3. The summed E-state index contributed by atoms with van der Waals surface area (Å²) in [6, 6.07) is 34.3. The number of aryl methyl sites for hydroxylation is 1. The van der Waals surface area contributed by atoms with Crippen LogP contribution < -0.4 is 0 Å². The third kappa shape index (κ3) is 8.54. The van der Waals surface area contributed by atoms with Crippen molar-refractivity contribution in [2.75, 3.05) is 0 Å². The van der Waals surface area contributed by atoms with Crippen molar-refractivity contribution in [2.24, 2.45) is 0 Å². The molecule has 0 aliphatic carbocycles. The fourth-order valence-electron chi connectivity index (χ4n) is 8.26. The van der Waals surface area contributed by atoms with Gasteiger partial charge in [-0.1, -0.05) is 171 Å². The van der Waals surface area contributed by atoms with E-state index in [1.165, 1.54) is 0 Å². The molecule has 0 amide bonds. The van der Waals surface area contributed by atoms with Crippen molar-refractivity contribution in [1.29, 1.82) is 0 Å². The summed E-state index contributed by atoms with van der Waals surface area (Å²) in [5.74, 6) is 0.307. The van der Waals surface area contributed by atoms with Crippen LogP contribution in [0.2, 0.25) is 0 Å². The number of imidazole rings is 1. The molecule has 0 saturated carbocycles. The maximum atomic E-state index is 12.0. The molecule has 9 aromatic rings. The summed E-state index contributed by atoms with van der Waals surface area (Å²) < 4.78 is 98.9. The van der Waals surface area contributed by atoms with Crippen LogP contribution in [0.3, 0.4) is 0 Å². The van der Waals surface area contributed by atoms with E-state index < -0.39 is 54.7 Å². The van der Waals surface area contributed by atoms with Gasteiger partial charge in [-0.05, 0) is 133 Å². The highest BCUT2D eigenvalue weighted by molar-refractivity contribution is 5.98. The number of aromatic hydroxyl groups is 1. The Balaban J connectivity index is 1.38. The Morgan fingerprint density at radius 3 is 1.89 bits per heavy atom. The van der Waals surface area contributed by atoms with Crippen LogP contribution in [-0.4, -0.2) is 19.6 Å². The Morgan fingerprint density at radius 1 is 0.523 bits per heavy atom. The molecule has 0 bridgehead atoms. The number of pyridine rings is 1. The summed E-state index contributed by atoms with van der Waals surface area (Å²) >= 11 is 0. The molecule has 0 fully saturated rings. The molecule has 324 valence electrons. The fraction of sp³-hybridized carbons (Fsp3) is 0.213. The zero-order valence-electron chi connectivity index (χ0n) is 49.3. The Bertz CT molecular complexity index is 3760. The summed E-state index contributed by atoms with van der Waals surface area (Å²) in [7, 11) is 0. The summed E-state index contributed by atoms with van der Waals surface area (Å²) in [5, 5.41) is 12.0. The fourth-order valence-corrected chi connectivity index (χ4v) is 8.26. The second-order valence-electron chi connectivity index (χ2n) is 19.8. The summed E-state index contributed by atoms with van der Waals surface area (Å²) in [4.78, 5) is 9.92. The van der Waals surface area contributed by atoms with Gasteiger partial charge in [0.25, 0.3) is 0 Å². The zero-order chi connectivity index (χ0) is 55.3. The molecule has 65 heavy (non-hydrogen) atoms. The van der Waals surface area contributed by atoms with E-state index in [9.17, 15) is 6.48 Å². The molecule has 9 rings (SSSR count). The molecule has 0 aliphatic rings. The molecule has 0 unspecified atom stereocenters. The minimum atomic E-state index is -2.58. The number of nitrogens with zero attached hydrogens (tertiary/aromatic N) is 3. The number of rotatable bonds is 7. The number of phenolic OH excluding ortho intramolecular Hbond substituents is 1. The predicted octanol–water partition coefficient (Wildman–Crippen LogP) is 16.3. The lowest BCUT2D eigenvalue weighted by atomic mass is 9.83. The number of phenols is 1. The highest BCUT2D eigenvalue weighted by Crippen LogP contribution is 2.44. The molecular weight excluding hydrogens is 791 g/mol. The van der Waals surface area contributed by atoms with E-state index in [1.54, 1.807) is 18.2 Å². The van der Waals surface area contributed by atoms with Crippen molar-refractivity contribution < 1.29 is 20.2 Å². The Labute approximate surface area is 400 Å². The molecule has 7 aromatic carbocycles. The molecule has 0 saturated heterocycles. The molecule has 4 nitrogen and oxygen atoms in total. The SMILES string of the molecule is [2H]c1nc(-c2cc(-c3cccc4c3nc(-c3cc(C(C)(C)C)ccc3O)n4-c3cc(C([2H])([2H])[2H])c(-c4ccc(C(C)(C)C)cc4)cc3-c3ccccc3)cc(C(C)(C)C)c2)c([2H])c(-c2c([2H])c([2H])c([2H])c([2H])c2[2H])c1[2H]. The van der Waals surface area contributed by atoms with Crippen LogP contribution in [0.25, 0.3) is 83.9 Å². The minimum Gasteiger partial charge on any atom is -0.507 e. The van der Waals surface area contributed by atoms with Crippen LogP contribution >= 0.6 is 0 Å². The largest absolute Gasteiger partial charge is 0.507 e. The smallest absolute Gasteiger partial charge is 0.149 e. The van der Waals surface area contributed by atoms with Gasteiger partial charge in [0.05, 0.1) is 38.9 Å². The van der Waals surface area contributed by atoms with Crippen LogP contribution in [0.1, 0.15) is 99.6 Å². The number of hydrogen-bond donors (Lipinski definition) is 1. The van der Waals surface area contributed by atoms with Gasteiger partial charge in [0, 0.05) is 27.0 Å². The first-order chi connectivity index (χ1) is 35.5. The van der Waals surface area contributed by atoms with E-state index in [1.807, 2.05) is 128 Å². The van der Waals surface area contributed by atoms with Crippen molar-refractivity contribution in [3.8, 4) is 78.6 Å². The van der Waals surface area contributed by atoms with E-state index in [2.05, 4.69) is 46.5 Å².